The molecule has 0 bridgehead atoms. The monoisotopic (exact) mass is 411 g/mol. The maximum absolute atomic E-state index is 5.80. The van der Waals surface area contributed by atoms with Gasteiger partial charge in [-0.1, -0.05) is 48.5 Å². The number of rotatable bonds is 7. The van der Waals surface area contributed by atoms with Gasteiger partial charge in [0.05, 0.1) is 6.54 Å². The topological polar surface area (TPSA) is 59.6 Å². The van der Waals surface area contributed by atoms with E-state index < -0.39 is 0 Å². The molecule has 22 heavy (non-hydrogen) atoms. The van der Waals surface area contributed by atoms with Crippen LogP contribution >= 0.6 is 24.0 Å². The van der Waals surface area contributed by atoms with Gasteiger partial charge in [-0.3, -0.25) is 4.99 Å². The van der Waals surface area contributed by atoms with Crippen molar-refractivity contribution in [1.29, 1.82) is 0 Å². The number of aliphatic imine (C=N–C) groups is 1. The van der Waals surface area contributed by atoms with Crippen LogP contribution in [-0.4, -0.2) is 25.7 Å². The van der Waals surface area contributed by atoms with E-state index >= 15 is 0 Å². The highest BCUT2D eigenvalue weighted by Gasteiger charge is 1.94. The Kier molecular flexibility index (Phi) is 9.06. The Morgan fingerprint density at radius 1 is 1.00 bits per heavy atom. The zero-order chi connectivity index (χ0) is 14.8. The van der Waals surface area contributed by atoms with E-state index in [4.69, 9.17) is 10.5 Å². The third kappa shape index (κ3) is 7.31. The molecule has 0 aliphatic heterocycles. The van der Waals surface area contributed by atoms with Gasteiger partial charge < -0.3 is 15.8 Å². The van der Waals surface area contributed by atoms with E-state index in [1.807, 2.05) is 48.5 Å². The van der Waals surface area contributed by atoms with Crippen LogP contribution in [0.1, 0.15) is 5.56 Å². The predicted molar refractivity (Wildman–Crippen MR) is 102 cm³/mol. The first-order valence-corrected chi connectivity index (χ1v) is 7.10. The second-order valence-corrected chi connectivity index (χ2v) is 4.59. The number of nitrogens with one attached hydrogen (secondary N) is 1. The van der Waals surface area contributed by atoms with Crippen molar-refractivity contribution >= 4 is 29.9 Å². The van der Waals surface area contributed by atoms with Crippen LogP contribution in [-0.2, 0) is 6.42 Å². The van der Waals surface area contributed by atoms with Crippen molar-refractivity contribution in [3.8, 4) is 5.75 Å². The summed E-state index contributed by atoms with van der Waals surface area (Å²) in [6, 6.07) is 20.0. The smallest absolute Gasteiger partial charge is 0.188 e. The maximum atomic E-state index is 5.80. The average molecular weight is 411 g/mol. The number of nitrogens with zero attached hydrogens (tertiary/aromatic N) is 1. The molecule has 4 nitrogen and oxygen atoms in total. The third-order valence-electron chi connectivity index (χ3n) is 2.95. The van der Waals surface area contributed by atoms with Crippen molar-refractivity contribution in [2.75, 3.05) is 19.7 Å². The lowest BCUT2D eigenvalue weighted by Crippen LogP contribution is -2.34. The number of hydrogen-bond donors (Lipinski definition) is 2. The van der Waals surface area contributed by atoms with Gasteiger partial charge in [-0.2, -0.15) is 0 Å². The fourth-order valence-electron chi connectivity index (χ4n) is 1.87. The van der Waals surface area contributed by atoms with Gasteiger partial charge >= 0.3 is 0 Å². The molecule has 0 unspecified atom stereocenters. The minimum atomic E-state index is 0. The Balaban J connectivity index is 0.00000242. The highest BCUT2D eigenvalue weighted by molar-refractivity contribution is 14.0. The van der Waals surface area contributed by atoms with Crippen molar-refractivity contribution in [2.24, 2.45) is 10.7 Å². The van der Waals surface area contributed by atoms with E-state index in [9.17, 15) is 0 Å². The molecule has 0 amide bonds. The normalized spacial score (nSPS) is 10.6. The molecule has 0 aromatic heterocycles. The van der Waals surface area contributed by atoms with E-state index in [1.165, 1.54) is 5.56 Å². The van der Waals surface area contributed by atoms with Crippen LogP contribution in [0.3, 0.4) is 0 Å². The molecule has 0 saturated heterocycles. The quantitative estimate of drug-likeness (QED) is 0.319. The number of benzene rings is 2. The molecule has 3 N–H and O–H groups in total. The van der Waals surface area contributed by atoms with Crippen molar-refractivity contribution in [3.63, 3.8) is 0 Å². The van der Waals surface area contributed by atoms with Gasteiger partial charge in [-0.05, 0) is 24.1 Å². The Morgan fingerprint density at radius 3 is 2.32 bits per heavy atom. The van der Waals surface area contributed by atoms with Crippen LogP contribution in [0.15, 0.2) is 65.7 Å². The van der Waals surface area contributed by atoms with E-state index in [-0.39, 0.29) is 24.0 Å². The number of hydrogen-bond acceptors (Lipinski definition) is 2. The van der Waals surface area contributed by atoms with Gasteiger partial charge in [0, 0.05) is 6.54 Å². The standard InChI is InChI=1S/C17H21N3O.HI/c18-17(19-12-11-15-7-3-1-4-8-15)20-13-14-21-16-9-5-2-6-10-16;/h1-10H,11-14H2,(H3,18,19,20);1H. The second-order valence-electron chi connectivity index (χ2n) is 4.59. The zero-order valence-corrected chi connectivity index (χ0v) is 14.8. The van der Waals surface area contributed by atoms with E-state index in [0.717, 1.165) is 12.2 Å². The Morgan fingerprint density at radius 2 is 1.64 bits per heavy atom. The molecule has 5 heteroatoms. The molecular weight excluding hydrogens is 389 g/mol. The second kappa shape index (κ2) is 10.9. The Hall–Kier alpha value is -1.76. The fourth-order valence-corrected chi connectivity index (χ4v) is 1.87. The van der Waals surface area contributed by atoms with E-state index in [2.05, 4.69) is 22.4 Å². The van der Waals surface area contributed by atoms with Crippen LogP contribution in [0.5, 0.6) is 5.75 Å². The lowest BCUT2D eigenvalue weighted by Gasteiger charge is -2.08. The summed E-state index contributed by atoms with van der Waals surface area (Å²) in [6.45, 7) is 1.87. The molecule has 118 valence electrons. The molecule has 0 heterocycles. The summed E-state index contributed by atoms with van der Waals surface area (Å²) in [5, 5.41) is 3.04. The van der Waals surface area contributed by atoms with Crippen LogP contribution in [0, 0.1) is 0 Å². The molecule has 2 aromatic rings. The van der Waals surface area contributed by atoms with Gasteiger partial charge in [-0.25, -0.2) is 0 Å². The molecule has 0 atom stereocenters. The molecule has 0 aliphatic rings. The van der Waals surface area contributed by atoms with Gasteiger partial charge in [-0.15, -0.1) is 24.0 Å². The van der Waals surface area contributed by atoms with Gasteiger partial charge in [0.25, 0.3) is 0 Å². The van der Waals surface area contributed by atoms with Crippen LogP contribution in [0.2, 0.25) is 0 Å². The fraction of sp³-hybridized carbons (Fsp3) is 0.235. The number of nitrogens with two attached hydrogens (primary N) is 1. The van der Waals surface area contributed by atoms with E-state index in [0.29, 0.717) is 25.7 Å². The molecule has 2 aromatic carbocycles. The molecular formula is C17H22IN3O. The lowest BCUT2D eigenvalue weighted by atomic mass is 10.2. The first kappa shape index (κ1) is 18.3. The highest BCUT2D eigenvalue weighted by atomic mass is 127. The summed E-state index contributed by atoms with van der Waals surface area (Å²) < 4.78 is 5.56. The maximum Gasteiger partial charge on any atom is 0.188 e. The van der Waals surface area contributed by atoms with Gasteiger partial charge in [0.15, 0.2) is 5.96 Å². The van der Waals surface area contributed by atoms with Crippen molar-refractivity contribution in [3.05, 3.63) is 66.2 Å². The number of ether oxygens (including phenoxy) is 1. The molecule has 0 saturated carbocycles. The first-order chi connectivity index (χ1) is 10.3. The third-order valence-corrected chi connectivity index (χ3v) is 2.95. The number of para-hydroxylation sites is 1. The Bertz CT molecular complexity index is 546. The molecule has 0 fully saturated rings. The van der Waals surface area contributed by atoms with Gasteiger partial charge in [0.1, 0.15) is 12.4 Å². The highest BCUT2D eigenvalue weighted by Crippen LogP contribution is 2.07. The van der Waals surface area contributed by atoms with Crippen molar-refractivity contribution in [2.45, 2.75) is 6.42 Å². The summed E-state index contributed by atoms with van der Waals surface area (Å²) in [7, 11) is 0. The molecule has 2 rings (SSSR count). The minimum absolute atomic E-state index is 0. The van der Waals surface area contributed by atoms with E-state index in [1.54, 1.807) is 0 Å². The summed E-state index contributed by atoms with van der Waals surface area (Å²) in [4.78, 5) is 4.29. The molecule has 0 spiro atoms. The van der Waals surface area contributed by atoms with Crippen LogP contribution < -0.4 is 15.8 Å². The number of guanidine groups is 1. The van der Waals surface area contributed by atoms with Gasteiger partial charge in [0.2, 0.25) is 0 Å². The predicted octanol–water partition coefficient (Wildman–Crippen LogP) is 2.83. The Labute approximate surface area is 148 Å². The SMILES string of the molecule is I.NC(=NCCc1ccccc1)NCCOc1ccccc1. The molecule has 0 radical (unpaired) electrons. The summed E-state index contributed by atoms with van der Waals surface area (Å²) in [5.41, 5.74) is 7.07. The minimum Gasteiger partial charge on any atom is -0.492 e. The zero-order valence-electron chi connectivity index (χ0n) is 12.4. The average Bonchev–Trinajstić information content (AvgIpc) is 2.54. The molecule has 0 aliphatic carbocycles. The van der Waals surface area contributed by atoms with Crippen molar-refractivity contribution < 1.29 is 4.74 Å². The summed E-state index contributed by atoms with van der Waals surface area (Å²) in [5.74, 6) is 1.32. The first-order valence-electron chi connectivity index (χ1n) is 7.10. The number of halogens is 1. The summed E-state index contributed by atoms with van der Waals surface area (Å²) in [6.07, 6.45) is 0.893. The largest absolute Gasteiger partial charge is 0.492 e. The van der Waals surface area contributed by atoms with Crippen LogP contribution in [0.4, 0.5) is 0 Å². The van der Waals surface area contributed by atoms with Crippen molar-refractivity contribution in [1.82, 2.24) is 5.32 Å². The summed E-state index contributed by atoms with van der Waals surface area (Å²) >= 11 is 0. The van der Waals surface area contributed by atoms with Crippen LogP contribution in [0.25, 0.3) is 0 Å². The lowest BCUT2D eigenvalue weighted by molar-refractivity contribution is 0.322.